The Kier molecular flexibility index (Phi) is 9.72. The summed E-state index contributed by atoms with van der Waals surface area (Å²) in [5.74, 6) is 3.72. The fraction of sp³-hybridized carbons (Fsp3) is 0.471. The monoisotopic (exact) mass is 583 g/mol. The minimum Gasteiger partial charge on any atom is -0.408 e. The molecule has 6 rings (SSSR count). The van der Waals surface area contributed by atoms with Crippen LogP contribution in [-0.4, -0.2) is 81.4 Å². The lowest BCUT2D eigenvalue weighted by atomic mass is 9.82. The van der Waals surface area contributed by atoms with Crippen molar-refractivity contribution in [3.8, 4) is 5.75 Å². The van der Waals surface area contributed by atoms with E-state index in [4.69, 9.17) is 19.5 Å². The van der Waals surface area contributed by atoms with Gasteiger partial charge in [0.25, 0.3) is 0 Å². The Hall–Kier alpha value is -3.66. The maximum absolute atomic E-state index is 6.09. The third kappa shape index (κ3) is 7.47. The van der Waals surface area contributed by atoms with Gasteiger partial charge in [-0.05, 0) is 61.8 Å². The summed E-state index contributed by atoms with van der Waals surface area (Å²) in [5.41, 5.74) is 5.44. The molecule has 0 spiro atoms. The second-order valence-electron chi connectivity index (χ2n) is 12.0. The van der Waals surface area contributed by atoms with Gasteiger partial charge in [0.2, 0.25) is 5.95 Å². The van der Waals surface area contributed by atoms with Gasteiger partial charge < -0.3 is 25.1 Å². The average molecular weight is 584 g/mol. The fourth-order valence-electron chi connectivity index (χ4n) is 6.30. The average Bonchev–Trinajstić information content (AvgIpc) is 3.04. The van der Waals surface area contributed by atoms with Gasteiger partial charge >= 0.3 is 0 Å². The molecule has 228 valence electrons. The van der Waals surface area contributed by atoms with Crippen LogP contribution in [0.5, 0.6) is 5.75 Å². The molecule has 3 aromatic carbocycles. The van der Waals surface area contributed by atoms with Crippen LogP contribution in [0.4, 0.5) is 17.5 Å². The SMILES string of the molecule is CN(C)c1cccc2c(ONC[C@H]3CC[C@H](CNc4nc(NCCN5CCOCC5)c5ccccc5n4)CC3)cccc12. The Morgan fingerprint density at radius 1 is 0.814 bits per heavy atom. The Bertz CT molecular complexity index is 1480. The van der Waals surface area contributed by atoms with Crippen molar-refractivity contribution in [1.29, 1.82) is 0 Å². The van der Waals surface area contributed by atoms with Gasteiger partial charge in [0.1, 0.15) is 5.82 Å². The third-order valence-electron chi connectivity index (χ3n) is 8.84. The largest absolute Gasteiger partial charge is 0.408 e. The molecule has 9 heteroatoms. The van der Waals surface area contributed by atoms with Gasteiger partial charge in [-0.15, -0.1) is 0 Å². The molecule has 2 aliphatic rings. The molecule has 43 heavy (non-hydrogen) atoms. The van der Waals surface area contributed by atoms with Crippen LogP contribution < -0.4 is 25.9 Å². The molecule has 4 aromatic rings. The van der Waals surface area contributed by atoms with Gasteiger partial charge in [0, 0.05) is 75.2 Å². The first-order chi connectivity index (χ1) is 21.1. The van der Waals surface area contributed by atoms with Crippen LogP contribution >= 0.6 is 0 Å². The molecular formula is C34H45N7O2. The van der Waals surface area contributed by atoms with Gasteiger partial charge in [-0.3, -0.25) is 4.90 Å². The molecule has 3 N–H and O–H groups in total. The molecule has 0 amide bonds. The van der Waals surface area contributed by atoms with E-state index in [0.29, 0.717) is 17.8 Å². The summed E-state index contributed by atoms with van der Waals surface area (Å²) in [6, 6.07) is 20.9. The maximum atomic E-state index is 6.09. The number of hydrogen-bond acceptors (Lipinski definition) is 9. The molecule has 2 fully saturated rings. The number of anilines is 3. The highest BCUT2D eigenvalue weighted by Gasteiger charge is 2.22. The zero-order chi connectivity index (χ0) is 29.4. The molecule has 0 unspecified atom stereocenters. The first-order valence-corrected chi connectivity index (χ1v) is 15.8. The van der Waals surface area contributed by atoms with Gasteiger partial charge in [-0.1, -0.05) is 36.4 Å². The van der Waals surface area contributed by atoms with Crippen LogP contribution in [-0.2, 0) is 4.74 Å². The number of para-hydroxylation sites is 1. The molecule has 0 bridgehead atoms. The van der Waals surface area contributed by atoms with E-state index in [-0.39, 0.29) is 0 Å². The number of benzene rings is 3. The summed E-state index contributed by atoms with van der Waals surface area (Å²) in [6.07, 6.45) is 4.77. The van der Waals surface area contributed by atoms with Crippen molar-refractivity contribution in [3.05, 3.63) is 60.7 Å². The standard InChI is InChI=1S/C34H45N7O2/c1-40(2)31-11-5-9-28-27(31)8-6-12-32(28)43-37-24-26-15-13-25(14-16-26)23-36-34-38-30-10-4-3-7-29(30)33(39-34)35-17-18-41-19-21-42-22-20-41/h3-12,25-26,37H,13-24H2,1-2H3,(H2,35,36,38,39)/t25-,26-. The van der Waals surface area contributed by atoms with E-state index >= 15 is 0 Å². The first-order valence-electron chi connectivity index (χ1n) is 15.8. The number of rotatable bonds is 12. The molecule has 0 radical (unpaired) electrons. The van der Waals surface area contributed by atoms with E-state index in [1.165, 1.54) is 36.8 Å². The summed E-state index contributed by atoms with van der Waals surface area (Å²) in [4.78, 5) is 20.4. The Morgan fingerprint density at radius 3 is 2.35 bits per heavy atom. The lowest BCUT2D eigenvalue weighted by molar-refractivity contribution is 0.0398. The van der Waals surface area contributed by atoms with Gasteiger partial charge in [-0.25, -0.2) is 4.98 Å². The van der Waals surface area contributed by atoms with E-state index < -0.39 is 0 Å². The molecule has 1 aliphatic heterocycles. The van der Waals surface area contributed by atoms with Crippen molar-refractivity contribution in [1.82, 2.24) is 20.3 Å². The molecule has 2 heterocycles. The van der Waals surface area contributed by atoms with Crippen LogP contribution in [0.2, 0.25) is 0 Å². The van der Waals surface area contributed by atoms with Crippen LogP contribution in [0, 0.1) is 11.8 Å². The highest BCUT2D eigenvalue weighted by molar-refractivity contribution is 5.97. The van der Waals surface area contributed by atoms with Crippen molar-refractivity contribution < 1.29 is 9.57 Å². The number of fused-ring (bicyclic) bond motifs is 2. The minimum absolute atomic E-state index is 0.614. The quantitative estimate of drug-likeness (QED) is 0.190. The van der Waals surface area contributed by atoms with Crippen molar-refractivity contribution in [2.24, 2.45) is 11.8 Å². The van der Waals surface area contributed by atoms with E-state index in [0.717, 1.165) is 80.3 Å². The van der Waals surface area contributed by atoms with Crippen molar-refractivity contribution >= 4 is 39.1 Å². The van der Waals surface area contributed by atoms with Crippen LogP contribution in [0.1, 0.15) is 25.7 Å². The highest BCUT2D eigenvalue weighted by atomic mass is 16.6. The van der Waals surface area contributed by atoms with E-state index in [1.54, 1.807) is 0 Å². The molecule has 1 aliphatic carbocycles. The van der Waals surface area contributed by atoms with Crippen LogP contribution in [0.25, 0.3) is 21.7 Å². The number of ether oxygens (including phenoxy) is 1. The van der Waals surface area contributed by atoms with Crippen molar-refractivity contribution in [3.63, 3.8) is 0 Å². The highest BCUT2D eigenvalue weighted by Crippen LogP contribution is 2.32. The molecule has 0 atom stereocenters. The number of morpholine rings is 1. The second-order valence-corrected chi connectivity index (χ2v) is 12.0. The normalized spacial score (nSPS) is 19.4. The topological polar surface area (TPSA) is 86.8 Å². The number of nitrogens with zero attached hydrogens (tertiary/aromatic N) is 4. The summed E-state index contributed by atoms with van der Waals surface area (Å²) in [6.45, 7) is 7.20. The lowest BCUT2D eigenvalue weighted by Crippen LogP contribution is -2.39. The third-order valence-corrected chi connectivity index (χ3v) is 8.84. The minimum atomic E-state index is 0.614. The molecule has 1 aromatic heterocycles. The predicted molar refractivity (Wildman–Crippen MR) is 176 cm³/mol. The number of nitrogens with one attached hydrogen (secondary N) is 3. The van der Waals surface area contributed by atoms with Crippen molar-refractivity contribution in [2.45, 2.75) is 25.7 Å². The first kappa shape index (κ1) is 29.4. The van der Waals surface area contributed by atoms with Gasteiger partial charge in [-0.2, -0.15) is 10.5 Å². The van der Waals surface area contributed by atoms with Gasteiger partial charge in [0.05, 0.1) is 18.7 Å². The molecule has 1 saturated heterocycles. The fourth-order valence-corrected chi connectivity index (χ4v) is 6.30. The summed E-state index contributed by atoms with van der Waals surface area (Å²) >= 11 is 0. The molecule has 1 saturated carbocycles. The van der Waals surface area contributed by atoms with E-state index in [2.05, 4.69) is 82.5 Å². The number of hydroxylamine groups is 1. The lowest BCUT2D eigenvalue weighted by Gasteiger charge is -2.28. The van der Waals surface area contributed by atoms with Crippen molar-refractivity contribution in [2.75, 3.05) is 82.1 Å². The second kappa shape index (κ2) is 14.2. The molecule has 9 nitrogen and oxygen atoms in total. The smallest absolute Gasteiger partial charge is 0.225 e. The zero-order valence-corrected chi connectivity index (χ0v) is 25.5. The van der Waals surface area contributed by atoms with E-state index in [9.17, 15) is 0 Å². The summed E-state index contributed by atoms with van der Waals surface area (Å²) < 4.78 is 5.48. The maximum Gasteiger partial charge on any atom is 0.225 e. The van der Waals surface area contributed by atoms with Gasteiger partial charge in [0.15, 0.2) is 5.75 Å². The summed E-state index contributed by atoms with van der Waals surface area (Å²) in [7, 11) is 4.15. The van der Waals surface area contributed by atoms with Crippen LogP contribution in [0.15, 0.2) is 60.7 Å². The zero-order valence-electron chi connectivity index (χ0n) is 25.5. The Labute approximate surface area is 254 Å². The van der Waals surface area contributed by atoms with E-state index in [1.807, 2.05) is 18.2 Å². The summed E-state index contributed by atoms with van der Waals surface area (Å²) in [5, 5.41) is 10.5. The number of hydrogen-bond donors (Lipinski definition) is 3. The predicted octanol–water partition coefficient (Wildman–Crippen LogP) is 5.40. The molecular weight excluding hydrogens is 538 g/mol. The Balaban J connectivity index is 0.973. The number of aromatic nitrogens is 2. The Morgan fingerprint density at radius 2 is 1.53 bits per heavy atom. The van der Waals surface area contributed by atoms with Crippen LogP contribution in [0.3, 0.4) is 0 Å².